The number of halogens is 1. The molecule has 1 aromatic rings. The van der Waals surface area contributed by atoms with Gasteiger partial charge in [-0.15, -0.1) is 23.7 Å². The molecular formula is C6H8ClNOS. The van der Waals surface area contributed by atoms with Gasteiger partial charge in [0, 0.05) is 7.05 Å². The normalized spacial score (nSPS) is 8.10. The Balaban J connectivity index is 0.000000810. The maximum absolute atomic E-state index is 10.8. The van der Waals surface area contributed by atoms with Crippen LogP contribution in [-0.4, -0.2) is 13.0 Å². The third-order valence-electron chi connectivity index (χ3n) is 0.972. The highest BCUT2D eigenvalue weighted by molar-refractivity contribution is 7.12. The van der Waals surface area contributed by atoms with Gasteiger partial charge in [-0.2, -0.15) is 0 Å². The van der Waals surface area contributed by atoms with Gasteiger partial charge in [0.15, 0.2) is 0 Å². The fourth-order valence-corrected chi connectivity index (χ4v) is 1.20. The van der Waals surface area contributed by atoms with Crippen LogP contribution in [0.2, 0.25) is 0 Å². The van der Waals surface area contributed by atoms with Crippen LogP contribution in [-0.2, 0) is 0 Å². The summed E-state index contributed by atoms with van der Waals surface area (Å²) in [7, 11) is 1.63. The lowest BCUT2D eigenvalue weighted by Gasteiger charge is -1.90. The van der Waals surface area contributed by atoms with Crippen LogP contribution in [0.15, 0.2) is 17.5 Å². The van der Waals surface area contributed by atoms with E-state index in [-0.39, 0.29) is 18.3 Å². The van der Waals surface area contributed by atoms with Gasteiger partial charge in [0.1, 0.15) is 0 Å². The highest BCUT2D eigenvalue weighted by Crippen LogP contribution is 2.06. The molecule has 1 amide bonds. The lowest BCUT2D eigenvalue weighted by Crippen LogP contribution is -2.15. The Hall–Kier alpha value is -0.540. The summed E-state index contributed by atoms with van der Waals surface area (Å²) >= 11 is 1.44. The summed E-state index contributed by atoms with van der Waals surface area (Å²) in [5, 5.41) is 4.42. The van der Waals surface area contributed by atoms with Crippen molar-refractivity contribution in [1.29, 1.82) is 0 Å². The highest BCUT2D eigenvalue weighted by atomic mass is 35.5. The van der Waals surface area contributed by atoms with E-state index in [1.807, 2.05) is 11.4 Å². The van der Waals surface area contributed by atoms with E-state index < -0.39 is 0 Å². The molecule has 0 aliphatic rings. The Labute approximate surface area is 69.7 Å². The lowest BCUT2D eigenvalue weighted by atomic mass is 10.4. The number of rotatable bonds is 1. The van der Waals surface area contributed by atoms with Gasteiger partial charge in [0.2, 0.25) is 0 Å². The molecule has 0 saturated heterocycles. The molecular weight excluding hydrogens is 170 g/mol. The molecule has 0 saturated carbocycles. The summed E-state index contributed by atoms with van der Waals surface area (Å²) in [6, 6.07) is 3.65. The minimum absolute atomic E-state index is 0. The van der Waals surface area contributed by atoms with Gasteiger partial charge in [-0.1, -0.05) is 6.07 Å². The molecule has 0 fully saturated rings. The predicted molar refractivity (Wildman–Crippen MR) is 45.0 cm³/mol. The van der Waals surface area contributed by atoms with Crippen molar-refractivity contribution in [3.63, 3.8) is 0 Å². The predicted octanol–water partition coefficient (Wildman–Crippen LogP) is 1.53. The Morgan fingerprint density at radius 3 is 2.80 bits per heavy atom. The van der Waals surface area contributed by atoms with Crippen LogP contribution in [0.1, 0.15) is 9.67 Å². The molecule has 1 N–H and O–H groups in total. The maximum Gasteiger partial charge on any atom is 0.261 e. The number of carbonyl (C=O) groups is 1. The monoisotopic (exact) mass is 177 g/mol. The van der Waals surface area contributed by atoms with Gasteiger partial charge in [0.25, 0.3) is 5.91 Å². The van der Waals surface area contributed by atoms with Crippen molar-refractivity contribution >= 4 is 29.7 Å². The van der Waals surface area contributed by atoms with Gasteiger partial charge < -0.3 is 5.32 Å². The number of hydrogen-bond acceptors (Lipinski definition) is 2. The number of nitrogens with one attached hydrogen (secondary N) is 1. The molecule has 10 heavy (non-hydrogen) atoms. The first-order chi connectivity index (χ1) is 4.34. The molecule has 0 aliphatic heterocycles. The van der Waals surface area contributed by atoms with Crippen molar-refractivity contribution in [3.05, 3.63) is 22.4 Å². The Morgan fingerprint density at radius 2 is 2.40 bits per heavy atom. The molecule has 1 heterocycles. The molecule has 56 valence electrons. The zero-order chi connectivity index (χ0) is 6.69. The fourth-order valence-electron chi connectivity index (χ4n) is 0.531. The van der Waals surface area contributed by atoms with Crippen molar-refractivity contribution in [2.45, 2.75) is 0 Å². The molecule has 4 heteroatoms. The van der Waals surface area contributed by atoms with E-state index in [4.69, 9.17) is 0 Å². The van der Waals surface area contributed by atoms with Crippen molar-refractivity contribution in [3.8, 4) is 0 Å². The number of thiophene rings is 1. The lowest BCUT2D eigenvalue weighted by molar-refractivity contribution is 0.0967. The SMILES string of the molecule is CNC(=O)c1cccs1.Cl. The molecule has 0 spiro atoms. The quantitative estimate of drug-likeness (QED) is 0.693. The second-order valence-corrected chi connectivity index (χ2v) is 2.50. The van der Waals surface area contributed by atoms with Crippen molar-refractivity contribution in [2.24, 2.45) is 0 Å². The van der Waals surface area contributed by atoms with E-state index in [9.17, 15) is 4.79 Å². The molecule has 0 aliphatic carbocycles. The van der Waals surface area contributed by atoms with Crippen LogP contribution < -0.4 is 5.32 Å². The second-order valence-electron chi connectivity index (χ2n) is 1.56. The van der Waals surface area contributed by atoms with Gasteiger partial charge in [-0.3, -0.25) is 4.79 Å². The summed E-state index contributed by atoms with van der Waals surface area (Å²) in [4.78, 5) is 11.5. The Bertz CT molecular complexity index is 198. The van der Waals surface area contributed by atoms with E-state index in [1.54, 1.807) is 13.1 Å². The third-order valence-corrected chi connectivity index (χ3v) is 1.84. The average molecular weight is 178 g/mol. The zero-order valence-corrected chi connectivity index (χ0v) is 7.09. The summed E-state index contributed by atoms with van der Waals surface area (Å²) in [5.74, 6) is -0.00926. The standard InChI is InChI=1S/C6H7NOS.ClH/c1-7-6(8)5-3-2-4-9-5;/h2-4H,1H3,(H,7,8);1H. The van der Waals surface area contributed by atoms with Gasteiger partial charge >= 0.3 is 0 Å². The minimum atomic E-state index is -0.00926. The molecule has 0 unspecified atom stereocenters. The molecule has 0 atom stereocenters. The van der Waals surface area contributed by atoms with Crippen molar-refractivity contribution in [2.75, 3.05) is 7.05 Å². The minimum Gasteiger partial charge on any atom is -0.354 e. The first-order valence-corrected chi connectivity index (χ1v) is 3.48. The number of amides is 1. The molecule has 0 radical (unpaired) electrons. The number of carbonyl (C=O) groups excluding carboxylic acids is 1. The fraction of sp³-hybridized carbons (Fsp3) is 0.167. The summed E-state index contributed by atoms with van der Waals surface area (Å²) in [5.41, 5.74) is 0. The Morgan fingerprint density at radius 1 is 1.70 bits per heavy atom. The molecule has 1 aromatic heterocycles. The zero-order valence-electron chi connectivity index (χ0n) is 5.46. The van der Waals surface area contributed by atoms with E-state index in [2.05, 4.69) is 5.32 Å². The third kappa shape index (κ3) is 2.01. The van der Waals surface area contributed by atoms with Crippen LogP contribution in [0.3, 0.4) is 0 Å². The van der Waals surface area contributed by atoms with E-state index >= 15 is 0 Å². The molecule has 1 rings (SSSR count). The molecule has 2 nitrogen and oxygen atoms in total. The summed E-state index contributed by atoms with van der Waals surface area (Å²) < 4.78 is 0. The van der Waals surface area contributed by atoms with Crippen molar-refractivity contribution in [1.82, 2.24) is 5.32 Å². The highest BCUT2D eigenvalue weighted by Gasteiger charge is 2.00. The van der Waals surface area contributed by atoms with Gasteiger partial charge in [0.05, 0.1) is 4.88 Å². The molecule has 0 bridgehead atoms. The average Bonchev–Trinajstić information content (AvgIpc) is 2.37. The van der Waals surface area contributed by atoms with Crippen molar-refractivity contribution < 1.29 is 4.79 Å². The van der Waals surface area contributed by atoms with Gasteiger partial charge in [-0.25, -0.2) is 0 Å². The van der Waals surface area contributed by atoms with Gasteiger partial charge in [-0.05, 0) is 11.4 Å². The largest absolute Gasteiger partial charge is 0.354 e. The van der Waals surface area contributed by atoms with Crippen LogP contribution >= 0.6 is 23.7 Å². The first-order valence-electron chi connectivity index (χ1n) is 2.60. The van der Waals surface area contributed by atoms with Crippen LogP contribution in [0.5, 0.6) is 0 Å². The van der Waals surface area contributed by atoms with E-state index in [0.29, 0.717) is 0 Å². The van der Waals surface area contributed by atoms with Crippen LogP contribution in [0.25, 0.3) is 0 Å². The molecule has 0 aromatic carbocycles. The smallest absolute Gasteiger partial charge is 0.261 e. The topological polar surface area (TPSA) is 29.1 Å². The van der Waals surface area contributed by atoms with Crippen LogP contribution in [0.4, 0.5) is 0 Å². The Kier molecular flexibility index (Phi) is 4.07. The summed E-state index contributed by atoms with van der Waals surface area (Å²) in [6.45, 7) is 0. The van der Waals surface area contributed by atoms with E-state index in [0.717, 1.165) is 4.88 Å². The second kappa shape index (κ2) is 4.30. The number of hydrogen-bond donors (Lipinski definition) is 1. The first kappa shape index (κ1) is 9.46. The maximum atomic E-state index is 10.8. The summed E-state index contributed by atoms with van der Waals surface area (Å²) in [6.07, 6.45) is 0. The van der Waals surface area contributed by atoms with Crippen LogP contribution in [0, 0.1) is 0 Å². The van der Waals surface area contributed by atoms with E-state index in [1.165, 1.54) is 11.3 Å².